The van der Waals surface area contributed by atoms with Gasteiger partial charge in [0.1, 0.15) is 11.5 Å². The Morgan fingerprint density at radius 2 is 1.71 bits per heavy atom. The molecule has 0 aliphatic carbocycles. The normalized spacial score (nSPS) is 10.9. The average Bonchev–Trinajstić information content (AvgIpc) is 2.75. The number of hydrogen-bond acceptors (Lipinski definition) is 5. The number of nitrogens with one attached hydrogen (secondary N) is 2. The van der Waals surface area contributed by atoms with Crippen molar-refractivity contribution in [3.05, 3.63) is 77.3 Å². The van der Waals surface area contributed by atoms with Gasteiger partial charge in [0.2, 0.25) is 5.91 Å². The maximum atomic E-state index is 12.8. The van der Waals surface area contributed by atoms with Crippen molar-refractivity contribution in [3.63, 3.8) is 0 Å². The summed E-state index contributed by atoms with van der Waals surface area (Å²) in [6.45, 7) is 0. The van der Waals surface area contributed by atoms with Gasteiger partial charge in [-0.25, -0.2) is 8.42 Å². The highest BCUT2D eigenvalue weighted by molar-refractivity contribution is 7.92. The van der Waals surface area contributed by atoms with Crippen molar-refractivity contribution in [2.45, 2.75) is 11.3 Å². The van der Waals surface area contributed by atoms with Crippen LogP contribution in [0.2, 0.25) is 5.02 Å². The third-order valence-electron chi connectivity index (χ3n) is 4.35. The highest BCUT2D eigenvalue weighted by Crippen LogP contribution is 2.29. The molecule has 0 aliphatic rings. The molecule has 0 radical (unpaired) electrons. The third kappa shape index (κ3) is 5.90. The minimum Gasteiger partial charge on any atom is -0.497 e. The lowest BCUT2D eigenvalue weighted by Gasteiger charge is -2.14. The highest BCUT2D eigenvalue weighted by atomic mass is 35.5. The second-order valence-corrected chi connectivity index (χ2v) is 8.67. The van der Waals surface area contributed by atoms with Crippen LogP contribution < -0.4 is 19.5 Å². The van der Waals surface area contributed by atoms with E-state index in [0.717, 1.165) is 5.56 Å². The molecular weight excluding hydrogens is 440 g/mol. The Morgan fingerprint density at radius 3 is 2.39 bits per heavy atom. The predicted molar refractivity (Wildman–Crippen MR) is 121 cm³/mol. The number of rotatable bonds is 8. The van der Waals surface area contributed by atoms with Crippen LogP contribution in [0.1, 0.15) is 5.56 Å². The molecule has 0 bridgehead atoms. The maximum absolute atomic E-state index is 12.8. The Morgan fingerprint density at radius 1 is 0.968 bits per heavy atom. The molecule has 162 valence electrons. The molecule has 3 aromatic rings. The first-order chi connectivity index (χ1) is 14.8. The Kier molecular flexibility index (Phi) is 7.04. The third-order valence-corrected chi connectivity index (χ3v) is 5.98. The Bertz CT molecular complexity index is 1180. The van der Waals surface area contributed by atoms with E-state index in [1.807, 2.05) is 0 Å². The molecular formula is C22H21ClN2O5S. The molecule has 3 aromatic carbocycles. The second-order valence-electron chi connectivity index (χ2n) is 6.55. The first kappa shape index (κ1) is 22.5. The minimum absolute atomic E-state index is 0.0278. The fourth-order valence-electron chi connectivity index (χ4n) is 2.85. The van der Waals surface area contributed by atoms with Gasteiger partial charge in [0, 0.05) is 10.7 Å². The molecule has 2 N–H and O–H groups in total. The zero-order valence-corrected chi connectivity index (χ0v) is 18.5. The van der Waals surface area contributed by atoms with E-state index in [4.69, 9.17) is 21.1 Å². The van der Waals surface area contributed by atoms with Crippen LogP contribution in [0.4, 0.5) is 11.4 Å². The summed E-state index contributed by atoms with van der Waals surface area (Å²) in [6, 6.07) is 17.6. The number of hydrogen-bond donors (Lipinski definition) is 2. The molecule has 0 saturated heterocycles. The number of halogens is 1. The van der Waals surface area contributed by atoms with E-state index in [1.165, 1.54) is 25.3 Å². The molecule has 0 heterocycles. The molecule has 7 nitrogen and oxygen atoms in total. The van der Waals surface area contributed by atoms with Gasteiger partial charge in [-0.05, 0) is 60.2 Å². The van der Waals surface area contributed by atoms with E-state index in [1.54, 1.807) is 55.6 Å². The van der Waals surface area contributed by atoms with Gasteiger partial charge in [-0.1, -0.05) is 23.7 Å². The van der Waals surface area contributed by atoms with E-state index < -0.39 is 10.0 Å². The number of benzene rings is 3. The molecule has 31 heavy (non-hydrogen) atoms. The lowest BCUT2D eigenvalue weighted by Crippen LogP contribution is -2.17. The van der Waals surface area contributed by atoms with E-state index in [9.17, 15) is 13.2 Å². The van der Waals surface area contributed by atoms with Crippen LogP contribution in [0.3, 0.4) is 0 Å². The number of methoxy groups -OCH3 is 2. The van der Waals surface area contributed by atoms with Gasteiger partial charge in [-0.15, -0.1) is 0 Å². The molecule has 1 amide bonds. The summed E-state index contributed by atoms with van der Waals surface area (Å²) in [5, 5.41) is 3.21. The van der Waals surface area contributed by atoms with E-state index in [2.05, 4.69) is 10.0 Å². The molecule has 0 saturated carbocycles. The van der Waals surface area contributed by atoms with Crippen molar-refractivity contribution < 1.29 is 22.7 Å². The van der Waals surface area contributed by atoms with Gasteiger partial charge < -0.3 is 14.8 Å². The standard InChI is InChI=1S/C22H21ClN2O5S/c1-29-18-5-3-4-15(12-18)13-22(26)24-20-14-19(10-11-21(20)30-2)31(27,28)25-17-8-6-16(23)7-9-17/h3-12,14,25H,13H2,1-2H3,(H,24,26). The number of amides is 1. The summed E-state index contributed by atoms with van der Waals surface area (Å²) in [6.07, 6.45) is 0.0837. The van der Waals surface area contributed by atoms with Crippen LogP contribution in [-0.4, -0.2) is 28.5 Å². The first-order valence-corrected chi connectivity index (χ1v) is 11.1. The lowest BCUT2D eigenvalue weighted by atomic mass is 10.1. The van der Waals surface area contributed by atoms with Crippen LogP contribution in [0.25, 0.3) is 0 Å². The molecule has 0 aliphatic heterocycles. The molecule has 0 unspecified atom stereocenters. The summed E-state index contributed by atoms with van der Waals surface area (Å²) in [5.41, 5.74) is 1.36. The number of sulfonamides is 1. The van der Waals surface area contributed by atoms with Gasteiger partial charge in [-0.2, -0.15) is 0 Å². The van der Waals surface area contributed by atoms with Crippen LogP contribution >= 0.6 is 11.6 Å². The highest BCUT2D eigenvalue weighted by Gasteiger charge is 2.18. The Labute approximate surface area is 186 Å². The Balaban J connectivity index is 1.80. The molecule has 0 spiro atoms. The summed E-state index contributed by atoms with van der Waals surface area (Å²) < 4.78 is 38.5. The monoisotopic (exact) mass is 460 g/mol. The second kappa shape index (κ2) is 9.72. The van der Waals surface area contributed by atoms with Crippen LogP contribution in [-0.2, 0) is 21.2 Å². The predicted octanol–water partition coefficient (Wildman–Crippen LogP) is 4.34. The van der Waals surface area contributed by atoms with Crippen LogP contribution in [0.5, 0.6) is 11.5 Å². The molecule has 0 aromatic heterocycles. The van der Waals surface area contributed by atoms with Crippen molar-refractivity contribution >= 4 is 38.9 Å². The smallest absolute Gasteiger partial charge is 0.261 e. The topological polar surface area (TPSA) is 93.7 Å². The summed E-state index contributed by atoms with van der Waals surface area (Å²) in [7, 11) is -0.906. The lowest BCUT2D eigenvalue weighted by molar-refractivity contribution is -0.115. The average molecular weight is 461 g/mol. The van der Waals surface area contributed by atoms with Gasteiger partial charge in [0.15, 0.2) is 0 Å². The molecule has 9 heteroatoms. The van der Waals surface area contributed by atoms with Crippen molar-refractivity contribution in [1.82, 2.24) is 0 Å². The SMILES string of the molecule is COc1cccc(CC(=O)Nc2cc(S(=O)(=O)Nc3ccc(Cl)cc3)ccc2OC)c1. The fourth-order valence-corrected chi connectivity index (χ4v) is 4.06. The fraction of sp³-hybridized carbons (Fsp3) is 0.136. The van der Waals surface area contributed by atoms with E-state index >= 15 is 0 Å². The van der Waals surface area contributed by atoms with Gasteiger partial charge >= 0.3 is 0 Å². The number of anilines is 2. The Hall–Kier alpha value is -3.23. The van der Waals surface area contributed by atoms with Crippen LogP contribution in [0.15, 0.2) is 71.6 Å². The van der Waals surface area contributed by atoms with E-state index in [-0.39, 0.29) is 22.9 Å². The number of carbonyl (C=O) groups is 1. The largest absolute Gasteiger partial charge is 0.497 e. The molecule has 0 atom stereocenters. The zero-order chi connectivity index (χ0) is 22.4. The summed E-state index contributed by atoms with van der Waals surface area (Å²) in [4.78, 5) is 12.5. The van der Waals surface area contributed by atoms with Crippen molar-refractivity contribution in [2.24, 2.45) is 0 Å². The van der Waals surface area contributed by atoms with Gasteiger partial charge in [-0.3, -0.25) is 9.52 Å². The number of ether oxygens (including phenoxy) is 2. The van der Waals surface area contributed by atoms with Crippen LogP contribution in [0, 0.1) is 0 Å². The van der Waals surface area contributed by atoms with Crippen molar-refractivity contribution in [3.8, 4) is 11.5 Å². The van der Waals surface area contributed by atoms with Crippen molar-refractivity contribution in [1.29, 1.82) is 0 Å². The minimum atomic E-state index is -3.89. The molecule has 3 rings (SSSR count). The summed E-state index contributed by atoms with van der Waals surface area (Å²) >= 11 is 5.84. The van der Waals surface area contributed by atoms with Crippen molar-refractivity contribution in [2.75, 3.05) is 24.3 Å². The maximum Gasteiger partial charge on any atom is 0.261 e. The number of carbonyl (C=O) groups excluding carboxylic acids is 1. The summed E-state index contributed by atoms with van der Waals surface area (Å²) in [5.74, 6) is 0.653. The zero-order valence-electron chi connectivity index (χ0n) is 16.9. The van der Waals surface area contributed by atoms with Gasteiger partial charge in [0.05, 0.1) is 31.2 Å². The van der Waals surface area contributed by atoms with E-state index in [0.29, 0.717) is 22.2 Å². The van der Waals surface area contributed by atoms with Gasteiger partial charge in [0.25, 0.3) is 10.0 Å². The quantitative estimate of drug-likeness (QED) is 0.521. The first-order valence-electron chi connectivity index (χ1n) is 9.20. The molecule has 0 fully saturated rings.